The number of benzene rings is 2. The fourth-order valence-electron chi connectivity index (χ4n) is 2.85. The summed E-state index contributed by atoms with van der Waals surface area (Å²) < 4.78 is 11.2. The van der Waals surface area contributed by atoms with Gasteiger partial charge in [-0.05, 0) is 47.5 Å². The molecule has 29 heavy (non-hydrogen) atoms. The van der Waals surface area contributed by atoms with Crippen molar-refractivity contribution >= 4 is 11.6 Å². The third-order valence-electron chi connectivity index (χ3n) is 4.84. The number of rotatable bonds is 12. The van der Waals surface area contributed by atoms with Crippen LogP contribution in [-0.4, -0.2) is 24.8 Å². The third-order valence-corrected chi connectivity index (χ3v) is 4.84. The molecule has 0 amide bonds. The largest absolute Gasteiger partial charge is 0.493 e. The lowest BCUT2D eigenvalue weighted by atomic mass is 9.78. The van der Waals surface area contributed by atoms with Crippen molar-refractivity contribution in [2.24, 2.45) is 0 Å². The van der Waals surface area contributed by atoms with E-state index in [9.17, 15) is 9.59 Å². The van der Waals surface area contributed by atoms with E-state index in [-0.39, 0.29) is 17.0 Å². The Balaban J connectivity index is 1.98. The first kappa shape index (κ1) is 22.2. The highest BCUT2D eigenvalue weighted by Crippen LogP contribution is 2.33. The molecule has 0 aromatic heterocycles. The van der Waals surface area contributed by atoms with E-state index in [0.29, 0.717) is 26.1 Å². The molecule has 0 saturated carbocycles. The number of allylic oxidation sites excluding steroid dienone is 2. The van der Waals surface area contributed by atoms with Crippen LogP contribution in [0.15, 0.2) is 73.8 Å². The molecule has 0 aliphatic rings. The van der Waals surface area contributed by atoms with Gasteiger partial charge in [-0.3, -0.25) is 9.59 Å². The van der Waals surface area contributed by atoms with Crippen molar-refractivity contribution in [1.82, 2.24) is 0 Å². The van der Waals surface area contributed by atoms with Gasteiger partial charge in [0.25, 0.3) is 0 Å². The standard InChI is InChI=1S/C25H28O4/c1-5-21(26)15-17-28-23-11-7-19(8-12-23)25(3,4)20-9-13-24(14-10-20)29-18-16-22(27)6-2/h5-14H,1-2,15-18H2,3-4H3. The quantitative estimate of drug-likeness (QED) is 0.474. The van der Waals surface area contributed by atoms with Crippen LogP contribution in [0.25, 0.3) is 0 Å². The number of ether oxygens (including phenoxy) is 2. The highest BCUT2D eigenvalue weighted by Gasteiger charge is 2.23. The molecule has 0 N–H and O–H groups in total. The van der Waals surface area contributed by atoms with Crippen molar-refractivity contribution in [3.63, 3.8) is 0 Å². The van der Waals surface area contributed by atoms with Gasteiger partial charge in [-0.1, -0.05) is 51.3 Å². The minimum Gasteiger partial charge on any atom is -0.493 e. The highest BCUT2D eigenvalue weighted by molar-refractivity contribution is 5.89. The predicted octanol–water partition coefficient (Wildman–Crippen LogP) is 5.06. The summed E-state index contributed by atoms with van der Waals surface area (Å²) in [5, 5.41) is 0. The SMILES string of the molecule is C=CC(=O)CCOc1ccc(C(C)(C)c2ccc(OCCC(=O)C=C)cc2)cc1. The lowest BCUT2D eigenvalue weighted by molar-refractivity contribution is -0.115. The summed E-state index contributed by atoms with van der Waals surface area (Å²) in [5.74, 6) is 1.42. The van der Waals surface area contributed by atoms with E-state index in [2.05, 4.69) is 27.0 Å². The summed E-state index contributed by atoms with van der Waals surface area (Å²) in [6.07, 6.45) is 3.28. The maximum Gasteiger partial charge on any atom is 0.158 e. The van der Waals surface area contributed by atoms with Crippen molar-refractivity contribution < 1.29 is 19.1 Å². The van der Waals surface area contributed by atoms with Gasteiger partial charge in [0.1, 0.15) is 11.5 Å². The van der Waals surface area contributed by atoms with Crippen LogP contribution in [0.2, 0.25) is 0 Å². The summed E-state index contributed by atoms with van der Waals surface area (Å²) >= 11 is 0. The van der Waals surface area contributed by atoms with Gasteiger partial charge in [-0.15, -0.1) is 0 Å². The van der Waals surface area contributed by atoms with Gasteiger partial charge < -0.3 is 9.47 Å². The maximum absolute atomic E-state index is 11.2. The number of carbonyl (C=O) groups is 2. The van der Waals surface area contributed by atoms with Crippen LogP contribution in [0.4, 0.5) is 0 Å². The summed E-state index contributed by atoms with van der Waals surface area (Å²) in [5.41, 5.74) is 2.10. The average molecular weight is 392 g/mol. The molecule has 0 aliphatic carbocycles. The molecule has 0 bridgehead atoms. The second kappa shape index (κ2) is 10.4. The zero-order chi connectivity index (χ0) is 21.3. The number of hydrogen-bond acceptors (Lipinski definition) is 4. The first-order chi connectivity index (χ1) is 13.9. The minimum absolute atomic E-state index is 0.0255. The molecule has 0 fully saturated rings. The van der Waals surface area contributed by atoms with Crippen LogP contribution in [0.1, 0.15) is 37.8 Å². The maximum atomic E-state index is 11.2. The molecule has 2 rings (SSSR count). The van der Waals surface area contributed by atoms with Gasteiger partial charge in [0.2, 0.25) is 0 Å². The molecule has 0 atom stereocenters. The van der Waals surface area contributed by atoms with Crippen molar-refractivity contribution in [3.8, 4) is 11.5 Å². The van der Waals surface area contributed by atoms with E-state index in [4.69, 9.17) is 9.47 Å². The second-order valence-corrected chi connectivity index (χ2v) is 7.21. The summed E-state index contributed by atoms with van der Waals surface area (Å²) in [6, 6.07) is 15.8. The van der Waals surface area contributed by atoms with Crippen LogP contribution in [0, 0.1) is 0 Å². The fraction of sp³-hybridized carbons (Fsp3) is 0.280. The molecule has 152 valence electrons. The number of carbonyl (C=O) groups excluding carboxylic acids is 2. The van der Waals surface area contributed by atoms with Gasteiger partial charge in [-0.25, -0.2) is 0 Å². The topological polar surface area (TPSA) is 52.6 Å². The molecule has 2 aromatic carbocycles. The molecule has 0 heterocycles. The molecule has 0 unspecified atom stereocenters. The zero-order valence-electron chi connectivity index (χ0n) is 17.1. The van der Waals surface area contributed by atoms with Crippen molar-refractivity contribution in [1.29, 1.82) is 0 Å². The Morgan fingerprint density at radius 3 is 1.41 bits per heavy atom. The summed E-state index contributed by atoms with van der Waals surface area (Å²) in [6.45, 7) is 11.9. The van der Waals surface area contributed by atoms with E-state index >= 15 is 0 Å². The van der Waals surface area contributed by atoms with Gasteiger partial charge >= 0.3 is 0 Å². The Morgan fingerprint density at radius 1 is 0.759 bits per heavy atom. The van der Waals surface area contributed by atoms with Gasteiger partial charge in [0.15, 0.2) is 11.6 Å². The second-order valence-electron chi connectivity index (χ2n) is 7.21. The number of ketones is 2. The van der Waals surface area contributed by atoms with Crippen LogP contribution in [-0.2, 0) is 15.0 Å². The first-order valence-corrected chi connectivity index (χ1v) is 9.64. The zero-order valence-corrected chi connectivity index (χ0v) is 17.1. The van der Waals surface area contributed by atoms with Crippen molar-refractivity contribution in [3.05, 3.63) is 85.0 Å². The molecule has 0 aliphatic heterocycles. The molecule has 2 aromatic rings. The molecular formula is C25H28O4. The molecular weight excluding hydrogens is 364 g/mol. The van der Waals surface area contributed by atoms with E-state index in [1.807, 2.05) is 48.5 Å². The third kappa shape index (κ3) is 6.46. The van der Waals surface area contributed by atoms with Crippen LogP contribution in [0.5, 0.6) is 11.5 Å². The van der Waals surface area contributed by atoms with Gasteiger partial charge in [0.05, 0.1) is 13.2 Å². The molecule has 0 spiro atoms. The highest BCUT2D eigenvalue weighted by atomic mass is 16.5. The Bertz CT molecular complexity index is 774. The van der Waals surface area contributed by atoms with Crippen molar-refractivity contribution in [2.45, 2.75) is 32.1 Å². The average Bonchev–Trinajstić information content (AvgIpc) is 2.74. The Morgan fingerprint density at radius 2 is 1.10 bits per heavy atom. The summed E-state index contributed by atoms with van der Waals surface area (Å²) in [4.78, 5) is 22.5. The lowest BCUT2D eigenvalue weighted by Gasteiger charge is -2.26. The van der Waals surface area contributed by atoms with Gasteiger partial charge in [-0.2, -0.15) is 0 Å². The molecule has 0 radical (unpaired) electrons. The van der Waals surface area contributed by atoms with Crippen LogP contribution < -0.4 is 9.47 Å². The van der Waals surface area contributed by atoms with E-state index in [1.54, 1.807) is 0 Å². The Kier molecular flexibility index (Phi) is 7.96. The Hall–Kier alpha value is -3.14. The minimum atomic E-state index is -0.200. The molecule has 4 nitrogen and oxygen atoms in total. The van der Waals surface area contributed by atoms with Crippen LogP contribution in [0.3, 0.4) is 0 Å². The first-order valence-electron chi connectivity index (χ1n) is 9.64. The monoisotopic (exact) mass is 392 g/mol. The van der Waals surface area contributed by atoms with E-state index in [0.717, 1.165) is 22.6 Å². The molecule has 0 saturated heterocycles. The van der Waals surface area contributed by atoms with Crippen molar-refractivity contribution in [2.75, 3.05) is 13.2 Å². The lowest BCUT2D eigenvalue weighted by Crippen LogP contribution is -2.18. The Labute approximate surface area is 172 Å². The summed E-state index contributed by atoms with van der Waals surface area (Å²) in [7, 11) is 0. The van der Waals surface area contributed by atoms with Gasteiger partial charge in [0, 0.05) is 18.3 Å². The van der Waals surface area contributed by atoms with E-state index < -0.39 is 0 Å². The van der Waals surface area contributed by atoms with E-state index in [1.165, 1.54) is 12.2 Å². The molecule has 4 heteroatoms. The number of hydrogen-bond donors (Lipinski definition) is 0. The fourth-order valence-corrected chi connectivity index (χ4v) is 2.85. The normalized spacial score (nSPS) is 10.8. The smallest absolute Gasteiger partial charge is 0.158 e. The predicted molar refractivity (Wildman–Crippen MR) is 116 cm³/mol. The van der Waals surface area contributed by atoms with Crippen LogP contribution >= 0.6 is 0 Å².